The predicted octanol–water partition coefficient (Wildman–Crippen LogP) is 1.15. The Balaban J connectivity index is 1.82. The summed E-state index contributed by atoms with van der Waals surface area (Å²) in [6.07, 6.45) is 1.73. The second-order valence-electron chi connectivity index (χ2n) is 5.53. The van der Waals surface area contributed by atoms with E-state index in [0.29, 0.717) is 0 Å². The molecule has 0 radical (unpaired) electrons. The molecule has 0 atom stereocenters. The lowest BCUT2D eigenvalue weighted by molar-refractivity contribution is 0.117. The Bertz CT molecular complexity index is 419. The van der Waals surface area contributed by atoms with Crippen molar-refractivity contribution in [3.63, 3.8) is 0 Å². The summed E-state index contributed by atoms with van der Waals surface area (Å²) in [7, 11) is 0. The number of pyridine rings is 1. The molecule has 1 fully saturated rings. The molecule has 1 aromatic heterocycles. The molecule has 0 aromatic carbocycles. The van der Waals surface area contributed by atoms with Crippen LogP contribution in [0.2, 0.25) is 0 Å². The molecular weight excluding hydrogens is 226 g/mol. The van der Waals surface area contributed by atoms with Crippen LogP contribution in [0.5, 0.6) is 0 Å². The van der Waals surface area contributed by atoms with Crippen LogP contribution in [0.15, 0.2) is 23.1 Å². The van der Waals surface area contributed by atoms with Gasteiger partial charge in [-0.1, -0.05) is 13.8 Å². The lowest BCUT2D eigenvalue weighted by Crippen LogP contribution is -2.46. The summed E-state index contributed by atoms with van der Waals surface area (Å²) in [5.74, 6) is 0.740. The summed E-state index contributed by atoms with van der Waals surface area (Å²) < 4.78 is 0. The molecule has 1 saturated heterocycles. The van der Waals surface area contributed by atoms with Gasteiger partial charge in [0.2, 0.25) is 5.56 Å². The number of nitrogens with zero attached hydrogens (tertiary/aromatic N) is 2. The number of hydrogen-bond acceptors (Lipinski definition) is 3. The molecule has 0 bridgehead atoms. The Morgan fingerprint density at radius 3 is 2.50 bits per heavy atom. The van der Waals surface area contributed by atoms with E-state index in [9.17, 15) is 4.79 Å². The van der Waals surface area contributed by atoms with Gasteiger partial charge in [0, 0.05) is 51.5 Å². The van der Waals surface area contributed by atoms with Gasteiger partial charge in [0.15, 0.2) is 0 Å². The van der Waals surface area contributed by atoms with Gasteiger partial charge in [-0.15, -0.1) is 0 Å². The third-order valence-electron chi connectivity index (χ3n) is 3.33. The Morgan fingerprint density at radius 1 is 1.22 bits per heavy atom. The second-order valence-corrected chi connectivity index (χ2v) is 5.53. The monoisotopic (exact) mass is 249 g/mol. The van der Waals surface area contributed by atoms with Crippen LogP contribution in [0.4, 0.5) is 0 Å². The van der Waals surface area contributed by atoms with Gasteiger partial charge in [0.1, 0.15) is 0 Å². The van der Waals surface area contributed by atoms with Gasteiger partial charge in [0.25, 0.3) is 0 Å². The fraction of sp³-hybridized carbons (Fsp3) is 0.643. The lowest BCUT2D eigenvalue weighted by Gasteiger charge is -2.35. The number of aromatic nitrogens is 1. The zero-order valence-corrected chi connectivity index (χ0v) is 11.4. The highest BCUT2D eigenvalue weighted by Gasteiger charge is 2.17. The van der Waals surface area contributed by atoms with Gasteiger partial charge in [0.05, 0.1) is 0 Å². The molecule has 1 N–H and O–H groups in total. The molecule has 100 valence electrons. The van der Waals surface area contributed by atoms with Gasteiger partial charge >= 0.3 is 0 Å². The smallest absolute Gasteiger partial charge is 0.248 e. The molecule has 0 spiro atoms. The first-order valence-electron chi connectivity index (χ1n) is 6.76. The predicted molar refractivity (Wildman–Crippen MR) is 73.6 cm³/mol. The molecular formula is C14H23N3O. The van der Waals surface area contributed by atoms with Crippen LogP contribution in [0.3, 0.4) is 0 Å². The summed E-state index contributed by atoms with van der Waals surface area (Å²) in [6, 6.07) is 3.68. The van der Waals surface area contributed by atoms with Crippen LogP contribution >= 0.6 is 0 Å². The number of hydrogen-bond donors (Lipinski definition) is 1. The van der Waals surface area contributed by atoms with Crippen molar-refractivity contribution in [2.75, 3.05) is 32.7 Å². The van der Waals surface area contributed by atoms with Gasteiger partial charge < -0.3 is 9.88 Å². The van der Waals surface area contributed by atoms with Gasteiger partial charge in [-0.05, 0) is 17.5 Å². The molecule has 1 aromatic rings. The van der Waals surface area contributed by atoms with Crippen LogP contribution in [0.1, 0.15) is 19.4 Å². The van der Waals surface area contributed by atoms with E-state index in [2.05, 4.69) is 28.6 Å². The van der Waals surface area contributed by atoms with E-state index in [-0.39, 0.29) is 5.56 Å². The van der Waals surface area contributed by atoms with E-state index in [1.54, 1.807) is 12.3 Å². The zero-order chi connectivity index (χ0) is 13.0. The Morgan fingerprint density at radius 2 is 1.89 bits per heavy atom. The maximum absolute atomic E-state index is 11.2. The van der Waals surface area contributed by atoms with Crippen LogP contribution in [-0.4, -0.2) is 47.5 Å². The molecule has 2 heterocycles. The first-order valence-corrected chi connectivity index (χ1v) is 6.76. The van der Waals surface area contributed by atoms with Gasteiger partial charge in [-0.3, -0.25) is 9.69 Å². The van der Waals surface area contributed by atoms with Crippen molar-refractivity contribution < 1.29 is 0 Å². The minimum Gasteiger partial charge on any atom is -0.329 e. The average molecular weight is 249 g/mol. The maximum atomic E-state index is 11.2. The first kappa shape index (κ1) is 13.3. The summed E-state index contributed by atoms with van der Waals surface area (Å²) in [5.41, 5.74) is 1.10. The largest absolute Gasteiger partial charge is 0.329 e. The van der Waals surface area contributed by atoms with Crippen molar-refractivity contribution >= 4 is 0 Å². The molecule has 0 aliphatic carbocycles. The normalized spacial score (nSPS) is 18.4. The molecule has 4 heteroatoms. The highest BCUT2D eigenvalue weighted by Crippen LogP contribution is 2.08. The molecule has 0 amide bonds. The topological polar surface area (TPSA) is 39.3 Å². The fourth-order valence-electron chi connectivity index (χ4n) is 2.49. The van der Waals surface area contributed by atoms with Crippen molar-refractivity contribution in [1.29, 1.82) is 0 Å². The van der Waals surface area contributed by atoms with E-state index < -0.39 is 0 Å². The number of aromatic amines is 1. The van der Waals surface area contributed by atoms with Crippen molar-refractivity contribution in [1.82, 2.24) is 14.8 Å². The molecule has 4 nitrogen and oxygen atoms in total. The maximum Gasteiger partial charge on any atom is 0.248 e. The van der Waals surface area contributed by atoms with E-state index in [4.69, 9.17) is 0 Å². The summed E-state index contributed by atoms with van der Waals surface area (Å²) in [5, 5.41) is 0. The number of nitrogens with one attached hydrogen (secondary N) is 1. The highest BCUT2D eigenvalue weighted by molar-refractivity contribution is 5.09. The Kier molecular flexibility index (Phi) is 4.55. The van der Waals surface area contributed by atoms with Crippen molar-refractivity contribution in [2.45, 2.75) is 20.4 Å². The van der Waals surface area contributed by atoms with Gasteiger partial charge in [-0.2, -0.15) is 0 Å². The van der Waals surface area contributed by atoms with Crippen LogP contribution in [0.25, 0.3) is 0 Å². The third kappa shape index (κ3) is 3.96. The molecule has 18 heavy (non-hydrogen) atoms. The van der Waals surface area contributed by atoms with E-state index in [1.165, 1.54) is 6.54 Å². The standard InChI is InChI=1S/C14H23N3O/c1-12(2)10-16-5-7-17(8-6-16)11-13-3-4-15-14(18)9-13/h3-4,9,12H,5-8,10-11H2,1-2H3,(H,15,18). The minimum atomic E-state index is -0.00839. The van der Waals surface area contributed by atoms with E-state index >= 15 is 0 Å². The fourth-order valence-corrected chi connectivity index (χ4v) is 2.49. The summed E-state index contributed by atoms with van der Waals surface area (Å²) >= 11 is 0. The first-order chi connectivity index (χ1) is 8.63. The quantitative estimate of drug-likeness (QED) is 0.870. The van der Waals surface area contributed by atoms with Crippen molar-refractivity contribution in [3.05, 3.63) is 34.2 Å². The lowest BCUT2D eigenvalue weighted by atomic mass is 10.2. The van der Waals surface area contributed by atoms with Crippen LogP contribution in [0, 0.1) is 5.92 Å². The summed E-state index contributed by atoms with van der Waals surface area (Å²) in [4.78, 5) is 18.8. The van der Waals surface area contributed by atoms with Crippen molar-refractivity contribution in [2.24, 2.45) is 5.92 Å². The molecule has 0 saturated carbocycles. The average Bonchev–Trinajstić information content (AvgIpc) is 2.31. The number of rotatable bonds is 4. The van der Waals surface area contributed by atoms with Crippen LogP contribution < -0.4 is 5.56 Å². The molecule has 2 rings (SSSR count). The Hall–Kier alpha value is -1.13. The zero-order valence-electron chi connectivity index (χ0n) is 11.4. The minimum absolute atomic E-state index is 0.00839. The number of H-pyrrole nitrogens is 1. The van der Waals surface area contributed by atoms with Crippen molar-refractivity contribution in [3.8, 4) is 0 Å². The summed E-state index contributed by atoms with van der Waals surface area (Å²) in [6.45, 7) is 11.1. The SMILES string of the molecule is CC(C)CN1CCN(Cc2cc[nH]c(=O)c2)CC1. The van der Waals surface area contributed by atoms with Crippen LogP contribution in [-0.2, 0) is 6.54 Å². The highest BCUT2D eigenvalue weighted by atomic mass is 16.1. The van der Waals surface area contributed by atoms with E-state index in [0.717, 1.165) is 44.2 Å². The second kappa shape index (κ2) is 6.16. The van der Waals surface area contributed by atoms with Gasteiger partial charge in [-0.25, -0.2) is 0 Å². The van der Waals surface area contributed by atoms with E-state index in [1.807, 2.05) is 6.07 Å². The molecule has 1 aliphatic heterocycles. The molecule has 0 unspecified atom stereocenters. The Labute approximate surface area is 109 Å². The third-order valence-corrected chi connectivity index (χ3v) is 3.33. The number of piperazine rings is 1. The molecule has 1 aliphatic rings.